The maximum atomic E-state index is 13.1. The lowest BCUT2D eigenvalue weighted by Crippen LogP contribution is -2.44. The number of hydrogen-bond donors (Lipinski definition) is 2. The molecule has 0 saturated carbocycles. The van der Waals surface area contributed by atoms with Crippen LogP contribution in [0.3, 0.4) is 0 Å². The highest BCUT2D eigenvalue weighted by atomic mass is 32.2. The summed E-state index contributed by atoms with van der Waals surface area (Å²) in [7, 11) is -3.84. The van der Waals surface area contributed by atoms with Gasteiger partial charge in [-0.1, -0.05) is 30.3 Å². The third-order valence-electron chi connectivity index (χ3n) is 6.08. The zero-order valence-electron chi connectivity index (χ0n) is 19.5. The van der Waals surface area contributed by atoms with Gasteiger partial charge in [-0.05, 0) is 68.1 Å². The summed E-state index contributed by atoms with van der Waals surface area (Å²) in [5.41, 5.74) is 3.12. The lowest BCUT2D eigenvalue weighted by atomic mass is 10.0. The van der Waals surface area contributed by atoms with Crippen molar-refractivity contribution in [1.29, 1.82) is 0 Å². The van der Waals surface area contributed by atoms with Crippen molar-refractivity contribution in [3.8, 4) is 0 Å². The van der Waals surface area contributed by atoms with Crippen molar-refractivity contribution in [3.05, 3.63) is 89.2 Å². The SMILES string of the molecule is Cc1ccc(C)c(S(=O)(=O)Nc2ccccc2C(=O)NC2CCN(Cc3ccccn3)CC2)c1. The number of likely N-dealkylation sites (tertiary alicyclic amines) is 1. The molecule has 34 heavy (non-hydrogen) atoms. The molecule has 1 aromatic heterocycles. The van der Waals surface area contributed by atoms with E-state index in [2.05, 4.69) is 19.9 Å². The minimum atomic E-state index is -3.84. The second kappa shape index (κ2) is 10.4. The van der Waals surface area contributed by atoms with Gasteiger partial charge in [0.1, 0.15) is 0 Å². The van der Waals surface area contributed by atoms with Gasteiger partial charge in [-0.15, -0.1) is 0 Å². The molecule has 7 nitrogen and oxygen atoms in total. The maximum Gasteiger partial charge on any atom is 0.262 e. The van der Waals surface area contributed by atoms with Crippen LogP contribution < -0.4 is 10.0 Å². The summed E-state index contributed by atoms with van der Waals surface area (Å²) < 4.78 is 28.8. The van der Waals surface area contributed by atoms with Gasteiger partial charge in [-0.2, -0.15) is 0 Å². The van der Waals surface area contributed by atoms with Gasteiger partial charge in [-0.3, -0.25) is 19.4 Å². The van der Waals surface area contributed by atoms with E-state index in [-0.39, 0.29) is 22.5 Å². The molecule has 4 rings (SSSR count). The standard InChI is InChI=1S/C26H30N4O3S/c1-19-10-11-20(2)25(17-19)34(32,33)29-24-9-4-3-8-23(24)26(31)28-21-12-15-30(16-13-21)18-22-7-5-6-14-27-22/h3-11,14,17,21,29H,12-13,15-16,18H2,1-2H3,(H,28,31). The molecular formula is C26H30N4O3S. The van der Waals surface area contributed by atoms with E-state index in [1.807, 2.05) is 31.2 Å². The van der Waals surface area contributed by atoms with Gasteiger partial charge in [-0.25, -0.2) is 8.42 Å². The van der Waals surface area contributed by atoms with E-state index in [4.69, 9.17) is 0 Å². The summed E-state index contributed by atoms with van der Waals surface area (Å²) in [6.07, 6.45) is 3.46. The lowest BCUT2D eigenvalue weighted by Gasteiger charge is -2.32. The normalized spacial score (nSPS) is 15.1. The predicted octanol–water partition coefficient (Wildman–Crippen LogP) is 3.89. The lowest BCUT2D eigenvalue weighted by molar-refractivity contribution is 0.0909. The number of benzene rings is 2. The van der Waals surface area contributed by atoms with Gasteiger partial charge in [0.2, 0.25) is 0 Å². The van der Waals surface area contributed by atoms with Crippen molar-refractivity contribution in [2.24, 2.45) is 0 Å². The minimum absolute atomic E-state index is 0.0381. The summed E-state index contributed by atoms with van der Waals surface area (Å²) in [4.78, 5) is 20.0. The van der Waals surface area contributed by atoms with Gasteiger partial charge in [0, 0.05) is 31.9 Å². The number of para-hydroxylation sites is 1. The van der Waals surface area contributed by atoms with Crippen LogP contribution in [0.2, 0.25) is 0 Å². The van der Waals surface area contributed by atoms with E-state index in [9.17, 15) is 13.2 Å². The first kappa shape index (κ1) is 23.9. The molecule has 1 aliphatic rings. The van der Waals surface area contributed by atoms with E-state index < -0.39 is 10.0 Å². The number of piperidine rings is 1. The number of rotatable bonds is 7. The summed E-state index contributed by atoms with van der Waals surface area (Å²) in [5.74, 6) is -0.276. The molecule has 0 atom stereocenters. The van der Waals surface area contributed by atoms with Crippen LogP contribution in [0.1, 0.15) is 40.0 Å². The molecule has 0 aliphatic carbocycles. The van der Waals surface area contributed by atoms with Crippen LogP contribution in [0.15, 0.2) is 71.8 Å². The van der Waals surface area contributed by atoms with Crippen molar-refractivity contribution >= 4 is 21.6 Å². The Hall–Kier alpha value is -3.23. The average molecular weight is 479 g/mol. The van der Waals surface area contributed by atoms with Crippen LogP contribution in [0.4, 0.5) is 5.69 Å². The summed E-state index contributed by atoms with van der Waals surface area (Å²) in [6.45, 7) is 6.13. The van der Waals surface area contributed by atoms with Crippen molar-refractivity contribution in [1.82, 2.24) is 15.2 Å². The Morgan fingerprint density at radius 2 is 1.76 bits per heavy atom. The Morgan fingerprint density at radius 3 is 2.50 bits per heavy atom. The summed E-state index contributed by atoms with van der Waals surface area (Å²) in [5, 5.41) is 3.09. The molecule has 0 unspecified atom stereocenters. The Kier molecular flexibility index (Phi) is 7.29. The summed E-state index contributed by atoms with van der Waals surface area (Å²) in [6, 6.07) is 18.0. The molecule has 2 aromatic carbocycles. The molecule has 1 fully saturated rings. The number of anilines is 1. The Balaban J connectivity index is 1.41. The maximum absolute atomic E-state index is 13.1. The first-order valence-corrected chi connectivity index (χ1v) is 12.9. The second-order valence-electron chi connectivity index (χ2n) is 8.76. The van der Waals surface area contributed by atoms with Gasteiger partial charge in [0.15, 0.2) is 0 Å². The van der Waals surface area contributed by atoms with Crippen molar-refractivity contribution in [3.63, 3.8) is 0 Å². The Bertz CT molecular complexity index is 1250. The van der Waals surface area contributed by atoms with E-state index >= 15 is 0 Å². The number of carbonyl (C=O) groups excluding carboxylic acids is 1. The van der Waals surface area contributed by atoms with Gasteiger partial charge in [0.05, 0.1) is 21.8 Å². The molecule has 1 aliphatic heterocycles. The van der Waals surface area contributed by atoms with Crippen LogP contribution in [0, 0.1) is 13.8 Å². The van der Waals surface area contributed by atoms with Crippen LogP contribution in [0.5, 0.6) is 0 Å². The number of aryl methyl sites for hydroxylation is 2. The van der Waals surface area contributed by atoms with Crippen LogP contribution >= 0.6 is 0 Å². The fourth-order valence-corrected chi connectivity index (χ4v) is 5.60. The van der Waals surface area contributed by atoms with Crippen molar-refractivity contribution in [2.45, 2.75) is 44.2 Å². The topological polar surface area (TPSA) is 91.4 Å². The minimum Gasteiger partial charge on any atom is -0.349 e. The molecule has 2 N–H and O–H groups in total. The molecule has 178 valence electrons. The quantitative estimate of drug-likeness (QED) is 0.538. The third kappa shape index (κ3) is 5.81. The number of hydrogen-bond acceptors (Lipinski definition) is 5. The largest absolute Gasteiger partial charge is 0.349 e. The zero-order valence-corrected chi connectivity index (χ0v) is 20.3. The zero-order chi connectivity index (χ0) is 24.1. The molecule has 1 amide bonds. The number of carbonyl (C=O) groups is 1. The molecule has 3 aromatic rings. The average Bonchev–Trinajstić information content (AvgIpc) is 2.82. The number of pyridine rings is 1. The number of sulfonamides is 1. The van der Waals surface area contributed by atoms with Crippen LogP contribution in [0.25, 0.3) is 0 Å². The first-order chi connectivity index (χ1) is 16.3. The fraction of sp³-hybridized carbons (Fsp3) is 0.308. The van der Waals surface area contributed by atoms with Crippen LogP contribution in [-0.2, 0) is 16.6 Å². The highest BCUT2D eigenvalue weighted by Crippen LogP contribution is 2.24. The fourth-order valence-electron chi connectivity index (χ4n) is 4.19. The van der Waals surface area contributed by atoms with Gasteiger partial charge >= 0.3 is 0 Å². The molecule has 8 heteroatoms. The van der Waals surface area contributed by atoms with E-state index in [1.165, 1.54) is 0 Å². The molecule has 0 bridgehead atoms. The Labute approximate surface area is 201 Å². The van der Waals surface area contributed by atoms with E-state index in [0.717, 1.165) is 43.7 Å². The van der Waals surface area contributed by atoms with Crippen molar-refractivity contribution in [2.75, 3.05) is 17.8 Å². The third-order valence-corrected chi connectivity index (χ3v) is 7.59. The number of amides is 1. The molecule has 0 spiro atoms. The Morgan fingerprint density at radius 1 is 1.03 bits per heavy atom. The number of nitrogens with zero attached hydrogens (tertiary/aromatic N) is 2. The molecule has 0 radical (unpaired) electrons. The predicted molar refractivity (Wildman–Crippen MR) is 133 cm³/mol. The molecule has 2 heterocycles. The van der Waals surface area contributed by atoms with E-state index in [1.54, 1.807) is 49.5 Å². The number of nitrogens with one attached hydrogen (secondary N) is 2. The highest BCUT2D eigenvalue weighted by Gasteiger charge is 2.24. The smallest absolute Gasteiger partial charge is 0.262 e. The monoisotopic (exact) mass is 478 g/mol. The molecular weight excluding hydrogens is 448 g/mol. The van der Waals surface area contributed by atoms with Crippen LogP contribution in [-0.4, -0.2) is 43.3 Å². The summed E-state index contributed by atoms with van der Waals surface area (Å²) >= 11 is 0. The highest BCUT2D eigenvalue weighted by molar-refractivity contribution is 7.92. The van der Waals surface area contributed by atoms with E-state index in [0.29, 0.717) is 11.1 Å². The van der Waals surface area contributed by atoms with Gasteiger partial charge in [0.25, 0.3) is 15.9 Å². The second-order valence-corrected chi connectivity index (χ2v) is 10.4. The number of aromatic nitrogens is 1. The molecule has 1 saturated heterocycles. The van der Waals surface area contributed by atoms with Crippen molar-refractivity contribution < 1.29 is 13.2 Å². The first-order valence-electron chi connectivity index (χ1n) is 11.4. The van der Waals surface area contributed by atoms with Gasteiger partial charge < -0.3 is 5.32 Å².